The van der Waals surface area contributed by atoms with Gasteiger partial charge in [0, 0.05) is 14.7 Å². The highest BCUT2D eigenvalue weighted by atomic mass is 32.3. The molecule has 0 N–H and O–H groups in total. The van der Waals surface area contributed by atoms with E-state index in [-0.39, 0.29) is 25.5 Å². The summed E-state index contributed by atoms with van der Waals surface area (Å²) in [5.41, 5.74) is 0. The molecule has 4 aromatic rings. The van der Waals surface area contributed by atoms with Gasteiger partial charge in [-0.1, -0.05) is 30.0 Å². The van der Waals surface area contributed by atoms with E-state index in [4.69, 9.17) is 13.1 Å². The van der Waals surface area contributed by atoms with Crippen molar-refractivity contribution in [3.05, 3.63) is 91.0 Å². The first-order valence-electron chi connectivity index (χ1n) is 12.4. The summed E-state index contributed by atoms with van der Waals surface area (Å²) in [5.74, 6) is -14.6. The first-order chi connectivity index (χ1) is 21.3. The number of benzene rings is 3. The normalized spacial score (nSPS) is 13.8. The number of thiophene rings is 1. The SMILES string of the molecule is COc1ccc(S(OS(=O)(=O)C(F)(F)C(F)(F)C(F)(F)C(F)(F)F)(c2ccc(OC)cc2)c2ccc(Sc3ccccc3)s2)cc1. The Morgan fingerprint density at radius 1 is 0.630 bits per heavy atom. The number of halogens is 9. The van der Waals surface area contributed by atoms with Crippen molar-refractivity contribution < 1.29 is 61.0 Å². The van der Waals surface area contributed by atoms with Crippen LogP contribution in [0.4, 0.5) is 39.5 Å². The van der Waals surface area contributed by atoms with Gasteiger partial charge >= 0.3 is 33.4 Å². The Labute approximate surface area is 266 Å². The van der Waals surface area contributed by atoms with E-state index in [2.05, 4.69) is 0 Å². The molecular weight excluding hydrogens is 716 g/mol. The molecule has 0 spiro atoms. The third-order valence-electron chi connectivity index (χ3n) is 6.21. The lowest BCUT2D eigenvalue weighted by atomic mass is 10.1. The molecule has 4 rings (SSSR count). The second-order valence-electron chi connectivity index (χ2n) is 9.08. The van der Waals surface area contributed by atoms with Crippen LogP contribution in [0.15, 0.2) is 114 Å². The van der Waals surface area contributed by atoms with E-state index in [1.54, 1.807) is 30.3 Å². The zero-order chi connectivity index (χ0) is 34.2. The second kappa shape index (κ2) is 12.9. The lowest BCUT2D eigenvalue weighted by molar-refractivity contribution is -0.382. The molecule has 0 aliphatic heterocycles. The van der Waals surface area contributed by atoms with E-state index in [0.29, 0.717) is 9.10 Å². The minimum absolute atomic E-state index is 0.161. The van der Waals surface area contributed by atoms with E-state index < -0.39 is 43.7 Å². The molecule has 0 unspecified atom stereocenters. The van der Waals surface area contributed by atoms with E-state index in [0.717, 1.165) is 47.4 Å². The third-order valence-corrected chi connectivity index (χ3v) is 14.2. The molecule has 46 heavy (non-hydrogen) atoms. The molecule has 0 saturated heterocycles. The van der Waals surface area contributed by atoms with Crippen molar-refractivity contribution in [3.63, 3.8) is 0 Å². The zero-order valence-corrected chi connectivity index (χ0v) is 26.5. The van der Waals surface area contributed by atoms with Crippen LogP contribution in [0.2, 0.25) is 0 Å². The summed E-state index contributed by atoms with van der Waals surface area (Å²) in [7, 11) is -8.96. The topological polar surface area (TPSA) is 61.8 Å². The predicted octanol–water partition coefficient (Wildman–Crippen LogP) is 9.89. The lowest BCUT2D eigenvalue weighted by Crippen LogP contribution is -2.63. The molecule has 250 valence electrons. The molecular formula is C28H21F9O5S4. The Hall–Kier alpha value is -3.06. The van der Waals surface area contributed by atoms with Crippen molar-refractivity contribution in [2.45, 2.75) is 46.4 Å². The summed E-state index contributed by atoms with van der Waals surface area (Å²) < 4.78 is 167. The molecule has 5 nitrogen and oxygen atoms in total. The van der Waals surface area contributed by atoms with Gasteiger partial charge in [0.05, 0.1) is 22.6 Å². The summed E-state index contributed by atoms with van der Waals surface area (Å²) >= 11 is 1.96. The number of hydrogen-bond acceptors (Lipinski definition) is 7. The van der Waals surface area contributed by atoms with Crippen molar-refractivity contribution in [1.82, 2.24) is 0 Å². The molecule has 18 heteroatoms. The van der Waals surface area contributed by atoms with Gasteiger partial charge in [-0.15, -0.1) is 11.3 Å². The van der Waals surface area contributed by atoms with E-state index in [1.165, 1.54) is 50.6 Å². The van der Waals surface area contributed by atoms with Gasteiger partial charge in [-0.3, -0.25) is 0 Å². The standard InChI is InChI=1S/C28H21F9O5S4/c1-40-18-8-12-21(13-9-18)45(22-14-10-19(41-2)11-15-22,24-17-16-23(44-24)43-20-6-4-3-5-7-20)42-46(38,39)28(36,37)26(31,32)25(29,30)27(33,34)35/h3-17H,1-2H3. The van der Waals surface area contributed by atoms with Gasteiger partial charge in [0.15, 0.2) is 0 Å². The molecule has 0 saturated carbocycles. The minimum atomic E-state index is -7.49. The van der Waals surface area contributed by atoms with Crippen molar-refractivity contribution in [1.29, 1.82) is 0 Å². The Morgan fingerprint density at radius 3 is 1.54 bits per heavy atom. The first kappa shape index (κ1) is 35.8. The fourth-order valence-electron chi connectivity index (χ4n) is 3.83. The van der Waals surface area contributed by atoms with Gasteiger partial charge in [0.1, 0.15) is 11.5 Å². The van der Waals surface area contributed by atoms with Crippen LogP contribution in [0.25, 0.3) is 0 Å². The van der Waals surface area contributed by atoms with Gasteiger partial charge in [-0.05, 0) is 83.1 Å². The third kappa shape index (κ3) is 6.28. The Morgan fingerprint density at radius 2 is 1.11 bits per heavy atom. The summed E-state index contributed by atoms with van der Waals surface area (Å²) in [5, 5.41) is -7.09. The van der Waals surface area contributed by atoms with Gasteiger partial charge in [0.2, 0.25) is 0 Å². The van der Waals surface area contributed by atoms with Crippen LogP contribution in [0.5, 0.6) is 11.5 Å². The Kier molecular flexibility index (Phi) is 10.0. The number of methoxy groups -OCH3 is 2. The highest BCUT2D eigenvalue weighted by molar-refractivity contribution is 8.34. The van der Waals surface area contributed by atoms with Crippen LogP contribution < -0.4 is 9.47 Å². The van der Waals surface area contributed by atoms with Crippen LogP contribution in [0, 0.1) is 0 Å². The van der Waals surface area contributed by atoms with Crippen LogP contribution in [-0.2, 0) is 13.7 Å². The molecule has 1 aromatic heterocycles. The number of alkyl halides is 9. The van der Waals surface area contributed by atoms with E-state index in [9.17, 15) is 39.2 Å². The molecule has 0 aliphatic carbocycles. The summed E-state index contributed by atoms with van der Waals surface area (Å²) in [6, 6.07) is 21.0. The van der Waals surface area contributed by atoms with Gasteiger partial charge < -0.3 is 9.47 Å². The van der Waals surface area contributed by atoms with Crippen LogP contribution in [0.1, 0.15) is 0 Å². The highest BCUT2D eigenvalue weighted by Gasteiger charge is 2.86. The maximum atomic E-state index is 15.1. The Bertz CT molecular complexity index is 1700. The fourth-order valence-corrected chi connectivity index (χ4v) is 12.2. The smallest absolute Gasteiger partial charge is 0.460 e. The molecule has 0 fully saturated rings. The molecule has 1 heterocycles. The molecule has 0 atom stereocenters. The van der Waals surface area contributed by atoms with Crippen LogP contribution in [-0.4, -0.2) is 45.9 Å². The predicted molar refractivity (Wildman–Crippen MR) is 154 cm³/mol. The minimum Gasteiger partial charge on any atom is -0.497 e. The summed E-state index contributed by atoms with van der Waals surface area (Å²) in [6.45, 7) is 0. The largest absolute Gasteiger partial charge is 0.497 e. The fraction of sp³-hybridized carbons (Fsp3) is 0.214. The monoisotopic (exact) mass is 736 g/mol. The quantitative estimate of drug-likeness (QED) is 0.135. The van der Waals surface area contributed by atoms with Crippen LogP contribution >= 0.6 is 33.4 Å². The van der Waals surface area contributed by atoms with Crippen molar-refractivity contribution in [3.8, 4) is 11.5 Å². The van der Waals surface area contributed by atoms with E-state index in [1.807, 2.05) is 0 Å². The molecule has 0 aliphatic rings. The average molecular weight is 737 g/mol. The molecule has 3 aromatic carbocycles. The van der Waals surface area contributed by atoms with Crippen LogP contribution in [0.3, 0.4) is 0 Å². The van der Waals surface area contributed by atoms with Gasteiger partial charge in [-0.25, -0.2) is 3.63 Å². The number of hydrogen-bond donors (Lipinski definition) is 0. The maximum Gasteiger partial charge on any atom is 0.460 e. The summed E-state index contributed by atoms with van der Waals surface area (Å²) in [6.07, 6.45) is -7.25. The maximum absolute atomic E-state index is 15.1. The van der Waals surface area contributed by atoms with Gasteiger partial charge in [0.25, 0.3) is 0 Å². The van der Waals surface area contributed by atoms with Crippen molar-refractivity contribution >= 4 is 43.5 Å². The zero-order valence-electron chi connectivity index (χ0n) is 23.2. The average Bonchev–Trinajstić information content (AvgIpc) is 3.48. The molecule has 0 bridgehead atoms. The van der Waals surface area contributed by atoms with Gasteiger partial charge in [-0.2, -0.15) is 47.9 Å². The lowest BCUT2D eigenvalue weighted by Gasteiger charge is -2.40. The highest BCUT2D eigenvalue weighted by Crippen LogP contribution is 2.73. The Balaban J connectivity index is 2.00. The summed E-state index contributed by atoms with van der Waals surface area (Å²) in [4.78, 5) is 0.225. The van der Waals surface area contributed by atoms with E-state index >= 15 is 8.78 Å². The first-order valence-corrected chi connectivity index (χ1v) is 17.0. The molecule has 0 radical (unpaired) electrons. The van der Waals surface area contributed by atoms with Crippen molar-refractivity contribution in [2.75, 3.05) is 14.2 Å². The molecule has 0 amide bonds. The second-order valence-corrected chi connectivity index (χ2v) is 16.3. The van der Waals surface area contributed by atoms with Crippen molar-refractivity contribution in [2.24, 2.45) is 0 Å². The number of ether oxygens (including phenoxy) is 2. The number of rotatable bonds is 12.